The summed E-state index contributed by atoms with van der Waals surface area (Å²) in [6.45, 7) is 9.72. The number of benzene rings is 1. The number of carbonyl (C=O) groups excluding carboxylic acids is 1. The van der Waals surface area contributed by atoms with Crippen LogP contribution in [-0.2, 0) is 4.79 Å². The minimum Gasteiger partial charge on any atom is -0.356 e. The van der Waals surface area contributed by atoms with Crippen LogP contribution in [0.1, 0.15) is 45.9 Å². The van der Waals surface area contributed by atoms with Gasteiger partial charge in [-0.2, -0.15) is 0 Å². The Labute approximate surface area is 161 Å². The number of anilines is 4. The zero-order chi connectivity index (χ0) is 19.4. The number of aryl methyl sites for hydroxylation is 1. The Morgan fingerprint density at radius 3 is 2.26 bits per heavy atom. The highest BCUT2D eigenvalue weighted by atomic mass is 16.2. The average Bonchev–Trinajstić information content (AvgIpc) is 2.63. The summed E-state index contributed by atoms with van der Waals surface area (Å²) in [5.74, 6) is 2.53. The van der Waals surface area contributed by atoms with Crippen LogP contribution in [0.25, 0.3) is 0 Å². The smallest absolute Gasteiger partial charge is 0.229 e. The maximum Gasteiger partial charge on any atom is 0.229 e. The second-order valence-corrected chi connectivity index (χ2v) is 8.11. The maximum absolute atomic E-state index is 12.1. The summed E-state index contributed by atoms with van der Waals surface area (Å²) in [7, 11) is 0. The Morgan fingerprint density at radius 1 is 1.00 bits per heavy atom. The Balaban J connectivity index is 1.70. The molecule has 1 saturated heterocycles. The number of nitrogens with zero attached hydrogens (tertiary/aromatic N) is 3. The fourth-order valence-electron chi connectivity index (χ4n) is 3.00. The molecule has 0 bridgehead atoms. The van der Waals surface area contributed by atoms with E-state index in [2.05, 4.69) is 25.5 Å². The number of hydrogen-bond donors (Lipinski definition) is 2. The van der Waals surface area contributed by atoms with Crippen molar-refractivity contribution < 1.29 is 4.79 Å². The molecule has 1 aromatic heterocycles. The first-order valence-corrected chi connectivity index (χ1v) is 9.60. The van der Waals surface area contributed by atoms with Crippen molar-refractivity contribution in [3.05, 3.63) is 36.2 Å². The molecule has 6 nitrogen and oxygen atoms in total. The normalized spacial score (nSPS) is 14.7. The van der Waals surface area contributed by atoms with E-state index in [1.54, 1.807) is 0 Å². The molecule has 0 unspecified atom stereocenters. The van der Waals surface area contributed by atoms with E-state index >= 15 is 0 Å². The fraction of sp³-hybridized carbons (Fsp3) is 0.476. The molecule has 1 aliphatic heterocycles. The third-order valence-electron chi connectivity index (χ3n) is 4.60. The predicted octanol–water partition coefficient (Wildman–Crippen LogP) is 4.50. The second-order valence-electron chi connectivity index (χ2n) is 8.11. The summed E-state index contributed by atoms with van der Waals surface area (Å²) < 4.78 is 0. The summed E-state index contributed by atoms with van der Waals surface area (Å²) in [6, 6.07) is 9.68. The Kier molecular flexibility index (Phi) is 5.63. The summed E-state index contributed by atoms with van der Waals surface area (Å²) in [5, 5.41) is 6.28. The van der Waals surface area contributed by atoms with Gasteiger partial charge in [0.25, 0.3) is 0 Å². The lowest BCUT2D eigenvalue weighted by Gasteiger charge is -2.28. The molecule has 1 fully saturated rings. The van der Waals surface area contributed by atoms with Gasteiger partial charge in [-0.3, -0.25) is 4.79 Å². The minimum absolute atomic E-state index is 0.000748. The monoisotopic (exact) mass is 367 g/mol. The number of nitrogens with one attached hydrogen (secondary N) is 2. The quantitative estimate of drug-likeness (QED) is 0.832. The van der Waals surface area contributed by atoms with Crippen LogP contribution >= 0.6 is 0 Å². The van der Waals surface area contributed by atoms with Crippen molar-refractivity contribution in [2.45, 2.75) is 47.0 Å². The molecule has 1 amide bonds. The third-order valence-corrected chi connectivity index (χ3v) is 4.60. The van der Waals surface area contributed by atoms with Gasteiger partial charge in [-0.15, -0.1) is 0 Å². The van der Waals surface area contributed by atoms with Crippen LogP contribution in [0.3, 0.4) is 0 Å². The van der Waals surface area contributed by atoms with Gasteiger partial charge in [-0.1, -0.05) is 20.8 Å². The van der Waals surface area contributed by atoms with Gasteiger partial charge < -0.3 is 15.5 Å². The molecule has 1 aromatic carbocycles. The maximum atomic E-state index is 12.1. The van der Waals surface area contributed by atoms with Crippen LogP contribution in [0.15, 0.2) is 30.3 Å². The molecule has 2 N–H and O–H groups in total. The zero-order valence-electron chi connectivity index (χ0n) is 16.7. The number of amides is 1. The van der Waals surface area contributed by atoms with E-state index in [-0.39, 0.29) is 5.91 Å². The molecular formula is C21H29N5O. The number of rotatable bonds is 4. The number of carbonyl (C=O) groups is 1. The van der Waals surface area contributed by atoms with Gasteiger partial charge >= 0.3 is 0 Å². The molecule has 0 saturated carbocycles. The highest BCUT2D eigenvalue weighted by molar-refractivity contribution is 5.94. The molecule has 0 radical (unpaired) electrons. The zero-order valence-corrected chi connectivity index (χ0v) is 16.7. The van der Waals surface area contributed by atoms with Crippen molar-refractivity contribution in [2.75, 3.05) is 28.6 Å². The van der Waals surface area contributed by atoms with Gasteiger partial charge in [0.05, 0.1) is 0 Å². The van der Waals surface area contributed by atoms with Gasteiger partial charge in [0.15, 0.2) is 0 Å². The molecule has 1 aliphatic rings. The van der Waals surface area contributed by atoms with Crippen molar-refractivity contribution >= 4 is 28.9 Å². The van der Waals surface area contributed by atoms with Crippen molar-refractivity contribution in [3.63, 3.8) is 0 Å². The number of piperidine rings is 1. The van der Waals surface area contributed by atoms with Crippen molar-refractivity contribution in [3.8, 4) is 0 Å². The van der Waals surface area contributed by atoms with Crippen LogP contribution < -0.4 is 15.5 Å². The molecule has 2 aromatic rings. The molecule has 6 heteroatoms. The van der Waals surface area contributed by atoms with E-state index < -0.39 is 5.41 Å². The molecule has 2 heterocycles. The van der Waals surface area contributed by atoms with Crippen LogP contribution in [0.4, 0.5) is 23.0 Å². The SMILES string of the molecule is Cc1nc(Nc2ccc(NC(=O)C(C)(C)C)cc2)cc(N2CCCCC2)n1. The lowest BCUT2D eigenvalue weighted by atomic mass is 9.95. The summed E-state index contributed by atoms with van der Waals surface area (Å²) in [5.41, 5.74) is 1.29. The number of hydrogen-bond acceptors (Lipinski definition) is 5. The van der Waals surface area contributed by atoms with Crippen molar-refractivity contribution in [1.29, 1.82) is 0 Å². The average molecular weight is 367 g/mol. The van der Waals surface area contributed by atoms with Crippen LogP contribution in [0.5, 0.6) is 0 Å². The highest BCUT2D eigenvalue weighted by Crippen LogP contribution is 2.24. The van der Waals surface area contributed by atoms with Crippen LogP contribution in [0.2, 0.25) is 0 Å². The molecular weight excluding hydrogens is 338 g/mol. The van der Waals surface area contributed by atoms with Crippen molar-refractivity contribution in [2.24, 2.45) is 5.41 Å². The van der Waals surface area contributed by atoms with E-state index in [0.717, 1.165) is 41.9 Å². The topological polar surface area (TPSA) is 70.2 Å². The van der Waals surface area contributed by atoms with Crippen LogP contribution in [0, 0.1) is 12.3 Å². The largest absolute Gasteiger partial charge is 0.356 e. The van der Waals surface area contributed by atoms with Crippen molar-refractivity contribution in [1.82, 2.24) is 9.97 Å². The van der Waals surface area contributed by atoms with Gasteiger partial charge in [0.1, 0.15) is 17.5 Å². The molecule has 144 valence electrons. The first-order chi connectivity index (χ1) is 12.8. The van der Waals surface area contributed by atoms with E-state index in [1.807, 2.05) is 58.0 Å². The molecule has 0 spiro atoms. The molecule has 3 rings (SSSR count). The fourth-order valence-corrected chi connectivity index (χ4v) is 3.00. The first kappa shape index (κ1) is 19.1. The highest BCUT2D eigenvalue weighted by Gasteiger charge is 2.21. The summed E-state index contributed by atoms with van der Waals surface area (Å²) in [4.78, 5) is 23.5. The van der Waals surface area contributed by atoms with E-state index in [0.29, 0.717) is 0 Å². The van der Waals surface area contributed by atoms with Gasteiger partial charge in [0, 0.05) is 35.9 Å². The predicted molar refractivity (Wildman–Crippen MR) is 111 cm³/mol. The number of aromatic nitrogens is 2. The molecule has 0 atom stereocenters. The second kappa shape index (κ2) is 7.94. The molecule has 27 heavy (non-hydrogen) atoms. The standard InChI is InChI=1S/C21H29N5O/c1-15-22-18(14-19(23-15)26-12-6-5-7-13-26)24-16-8-10-17(11-9-16)25-20(27)21(2,3)4/h8-11,14H,5-7,12-13H2,1-4H3,(H,25,27)(H,22,23,24). The van der Waals surface area contributed by atoms with E-state index in [4.69, 9.17) is 0 Å². The van der Waals surface area contributed by atoms with Gasteiger partial charge in [-0.25, -0.2) is 9.97 Å². The Morgan fingerprint density at radius 2 is 1.63 bits per heavy atom. The van der Waals surface area contributed by atoms with E-state index in [1.165, 1.54) is 19.3 Å². The third kappa shape index (κ3) is 5.18. The Hall–Kier alpha value is -2.63. The summed E-state index contributed by atoms with van der Waals surface area (Å²) in [6.07, 6.45) is 3.73. The van der Waals surface area contributed by atoms with Crippen LogP contribution in [-0.4, -0.2) is 29.0 Å². The molecule has 0 aliphatic carbocycles. The lowest BCUT2D eigenvalue weighted by molar-refractivity contribution is -0.123. The Bertz CT molecular complexity index is 789. The minimum atomic E-state index is -0.416. The first-order valence-electron chi connectivity index (χ1n) is 9.60. The lowest BCUT2D eigenvalue weighted by Crippen LogP contribution is -2.30. The van der Waals surface area contributed by atoms with Gasteiger partial charge in [-0.05, 0) is 50.5 Å². The summed E-state index contributed by atoms with van der Waals surface area (Å²) >= 11 is 0. The van der Waals surface area contributed by atoms with Gasteiger partial charge in [0.2, 0.25) is 5.91 Å². The van der Waals surface area contributed by atoms with E-state index in [9.17, 15) is 4.79 Å².